The van der Waals surface area contributed by atoms with Crippen molar-refractivity contribution in [1.29, 1.82) is 0 Å². The highest BCUT2D eigenvalue weighted by molar-refractivity contribution is 7.91. The second-order valence-corrected chi connectivity index (χ2v) is 9.80. The number of sulfone groups is 1. The molecule has 2 saturated heterocycles. The number of carbonyl (C=O) groups is 1. The molecule has 1 aromatic rings. The van der Waals surface area contributed by atoms with Gasteiger partial charge in [0.2, 0.25) is 5.91 Å². The van der Waals surface area contributed by atoms with Gasteiger partial charge in [0.25, 0.3) is 0 Å². The first kappa shape index (κ1) is 18.4. The van der Waals surface area contributed by atoms with Gasteiger partial charge in [-0.05, 0) is 43.0 Å². The van der Waals surface area contributed by atoms with Crippen molar-refractivity contribution in [2.24, 2.45) is 5.92 Å². The quantitative estimate of drug-likeness (QED) is 0.803. The predicted octanol–water partition coefficient (Wildman–Crippen LogP) is 2.11. The highest BCUT2D eigenvalue weighted by atomic mass is 32.2. The van der Waals surface area contributed by atoms with Crippen molar-refractivity contribution in [3.63, 3.8) is 0 Å². The molecule has 0 unspecified atom stereocenters. The molecule has 25 heavy (non-hydrogen) atoms. The molecule has 0 radical (unpaired) electrons. The van der Waals surface area contributed by atoms with E-state index in [4.69, 9.17) is 0 Å². The summed E-state index contributed by atoms with van der Waals surface area (Å²) in [4.78, 5) is 16.7. The minimum atomic E-state index is -3.11. The summed E-state index contributed by atoms with van der Waals surface area (Å²) < 4.78 is 24.6. The smallest absolute Gasteiger partial charge is 0.241 e. The maximum absolute atomic E-state index is 12.8. The van der Waals surface area contributed by atoms with Gasteiger partial charge in [-0.1, -0.05) is 32.9 Å². The van der Waals surface area contributed by atoms with Crippen molar-refractivity contribution >= 4 is 21.4 Å². The Morgan fingerprint density at radius 1 is 1.12 bits per heavy atom. The maximum Gasteiger partial charge on any atom is 0.241 e. The number of rotatable bonds is 5. The van der Waals surface area contributed by atoms with E-state index < -0.39 is 9.84 Å². The van der Waals surface area contributed by atoms with Gasteiger partial charge >= 0.3 is 0 Å². The molecule has 0 aromatic heterocycles. The number of nitrogens with zero attached hydrogens (tertiary/aromatic N) is 2. The summed E-state index contributed by atoms with van der Waals surface area (Å²) in [5.41, 5.74) is 2.03. The molecule has 6 heteroatoms. The Morgan fingerprint density at radius 2 is 1.76 bits per heavy atom. The van der Waals surface area contributed by atoms with Crippen LogP contribution >= 0.6 is 0 Å². The number of carbonyl (C=O) groups excluding carboxylic acids is 1. The predicted molar refractivity (Wildman–Crippen MR) is 101 cm³/mol. The molecular formula is C19H28N2O3S. The number of aryl methyl sites for hydroxylation is 1. The Hall–Kier alpha value is -1.40. The second kappa shape index (κ2) is 7.08. The van der Waals surface area contributed by atoms with Crippen LogP contribution < -0.4 is 4.90 Å². The van der Waals surface area contributed by atoms with Gasteiger partial charge in [0, 0.05) is 11.7 Å². The zero-order chi connectivity index (χ0) is 18.2. The SMILES string of the molecule is CCc1ccc(N2C(=O)CN(CCC(C)C)[C@H]3CS(=O)(=O)C[C@H]32)cc1. The van der Waals surface area contributed by atoms with E-state index in [9.17, 15) is 13.2 Å². The van der Waals surface area contributed by atoms with Crippen LogP contribution in [0.2, 0.25) is 0 Å². The molecule has 2 aliphatic rings. The lowest BCUT2D eigenvalue weighted by Gasteiger charge is -2.43. The van der Waals surface area contributed by atoms with Gasteiger partial charge in [-0.25, -0.2) is 8.42 Å². The van der Waals surface area contributed by atoms with Gasteiger partial charge in [0.1, 0.15) is 0 Å². The fourth-order valence-electron chi connectivity index (χ4n) is 3.85. The van der Waals surface area contributed by atoms with E-state index in [0.29, 0.717) is 12.5 Å². The lowest BCUT2D eigenvalue weighted by Crippen LogP contribution is -2.62. The van der Waals surface area contributed by atoms with Crippen molar-refractivity contribution in [2.45, 2.75) is 45.7 Å². The van der Waals surface area contributed by atoms with E-state index in [-0.39, 0.29) is 29.5 Å². The summed E-state index contributed by atoms with van der Waals surface area (Å²) in [6, 6.07) is 7.57. The summed E-state index contributed by atoms with van der Waals surface area (Å²) in [5, 5.41) is 0. The van der Waals surface area contributed by atoms with Crippen LogP contribution in [0.15, 0.2) is 24.3 Å². The molecule has 2 atom stereocenters. The normalized spacial score (nSPS) is 26.2. The van der Waals surface area contributed by atoms with E-state index >= 15 is 0 Å². The van der Waals surface area contributed by atoms with Crippen LogP contribution in [0.4, 0.5) is 5.69 Å². The minimum Gasteiger partial charge on any atom is -0.306 e. The molecular weight excluding hydrogens is 336 g/mol. The summed E-state index contributed by atoms with van der Waals surface area (Å²) >= 11 is 0. The van der Waals surface area contributed by atoms with E-state index in [0.717, 1.165) is 25.1 Å². The Labute approximate surface area is 150 Å². The van der Waals surface area contributed by atoms with Gasteiger partial charge in [-0.15, -0.1) is 0 Å². The zero-order valence-electron chi connectivity index (χ0n) is 15.3. The third-order valence-corrected chi connectivity index (χ3v) is 7.02. The first-order valence-corrected chi connectivity index (χ1v) is 11.0. The van der Waals surface area contributed by atoms with Gasteiger partial charge < -0.3 is 4.90 Å². The number of fused-ring (bicyclic) bond motifs is 1. The van der Waals surface area contributed by atoms with Gasteiger partial charge in [-0.3, -0.25) is 9.69 Å². The van der Waals surface area contributed by atoms with Crippen molar-refractivity contribution in [3.05, 3.63) is 29.8 Å². The van der Waals surface area contributed by atoms with Crippen LogP contribution in [-0.4, -0.2) is 55.9 Å². The summed E-state index contributed by atoms with van der Waals surface area (Å²) in [6.07, 6.45) is 1.92. The molecule has 2 aliphatic heterocycles. The fourth-order valence-corrected chi connectivity index (χ4v) is 5.84. The standard InChI is InChI=1S/C19H28N2O3S/c1-4-15-5-7-16(8-6-15)21-18-13-25(23,24)12-17(18)20(11-19(21)22)10-9-14(2)3/h5-8,14,17-18H,4,9-13H2,1-3H3/t17-,18+/m0/s1. The molecule has 0 aliphatic carbocycles. The Balaban J connectivity index is 1.89. The maximum atomic E-state index is 12.8. The monoisotopic (exact) mass is 364 g/mol. The van der Waals surface area contributed by atoms with Crippen LogP contribution in [0.1, 0.15) is 32.8 Å². The lowest BCUT2D eigenvalue weighted by molar-refractivity contribution is -0.123. The summed E-state index contributed by atoms with van der Waals surface area (Å²) in [6.45, 7) is 7.47. The first-order valence-electron chi connectivity index (χ1n) is 9.16. The molecule has 0 saturated carbocycles. The van der Waals surface area contributed by atoms with E-state index in [1.807, 2.05) is 24.3 Å². The molecule has 0 N–H and O–H groups in total. The number of hydrogen-bond donors (Lipinski definition) is 0. The third-order valence-electron chi connectivity index (χ3n) is 5.32. The molecule has 0 spiro atoms. The van der Waals surface area contributed by atoms with Crippen molar-refractivity contribution in [3.8, 4) is 0 Å². The molecule has 1 amide bonds. The highest BCUT2D eigenvalue weighted by Crippen LogP contribution is 2.32. The number of piperazine rings is 1. The van der Waals surface area contributed by atoms with Crippen LogP contribution in [0.25, 0.3) is 0 Å². The topological polar surface area (TPSA) is 57.7 Å². The molecule has 2 fully saturated rings. The number of amides is 1. The largest absolute Gasteiger partial charge is 0.306 e. The summed E-state index contributed by atoms with van der Waals surface area (Å²) in [5.74, 6) is 0.765. The van der Waals surface area contributed by atoms with Gasteiger partial charge in [-0.2, -0.15) is 0 Å². The van der Waals surface area contributed by atoms with Crippen molar-refractivity contribution in [2.75, 3.05) is 29.5 Å². The van der Waals surface area contributed by atoms with E-state index in [1.54, 1.807) is 4.90 Å². The van der Waals surface area contributed by atoms with Crippen molar-refractivity contribution in [1.82, 2.24) is 4.90 Å². The molecule has 5 nitrogen and oxygen atoms in total. The number of anilines is 1. The highest BCUT2D eigenvalue weighted by Gasteiger charge is 2.49. The molecule has 2 heterocycles. The third kappa shape index (κ3) is 3.90. The van der Waals surface area contributed by atoms with Crippen LogP contribution in [0.5, 0.6) is 0 Å². The zero-order valence-corrected chi connectivity index (χ0v) is 16.1. The Bertz CT molecular complexity index is 728. The number of benzene rings is 1. The summed E-state index contributed by atoms with van der Waals surface area (Å²) in [7, 11) is -3.11. The molecule has 0 bridgehead atoms. The van der Waals surface area contributed by atoms with Gasteiger partial charge in [0.05, 0.1) is 24.1 Å². The second-order valence-electron chi connectivity index (χ2n) is 7.65. The van der Waals surface area contributed by atoms with E-state index in [1.165, 1.54) is 5.56 Å². The van der Waals surface area contributed by atoms with Crippen molar-refractivity contribution < 1.29 is 13.2 Å². The fraction of sp³-hybridized carbons (Fsp3) is 0.632. The van der Waals surface area contributed by atoms with E-state index in [2.05, 4.69) is 25.7 Å². The molecule has 3 rings (SSSR count). The number of hydrogen-bond acceptors (Lipinski definition) is 4. The van der Waals surface area contributed by atoms with Crippen LogP contribution in [-0.2, 0) is 21.1 Å². The average molecular weight is 365 g/mol. The van der Waals surface area contributed by atoms with Gasteiger partial charge in [0.15, 0.2) is 9.84 Å². The minimum absolute atomic E-state index is 0.00588. The molecule has 138 valence electrons. The average Bonchev–Trinajstić information content (AvgIpc) is 2.88. The first-order chi connectivity index (χ1) is 11.8. The molecule has 1 aromatic carbocycles. The lowest BCUT2D eigenvalue weighted by atomic mass is 10.0. The Morgan fingerprint density at radius 3 is 2.36 bits per heavy atom. The van der Waals surface area contributed by atoms with Crippen LogP contribution in [0, 0.1) is 5.92 Å². The Kier molecular flexibility index (Phi) is 5.21. The van der Waals surface area contributed by atoms with Crippen LogP contribution in [0.3, 0.4) is 0 Å².